The zero-order chi connectivity index (χ0) is 23.5. The number of hydrogen-bond donors (Lipinski definition) is 5. The highest BCUT2D eigenvalue weighted by Gasteiger charge is 2.51. The maximum atomic E-state index is 13.0. The molecule has 1 unspecified atom stereocenters. The van der Waals surface area contributed by atoms with Gasteiger partial charge in [0, 0.05) is 6.54 Å². The fraction of sp³-hybridized carbons (Fsp3) is 0.944. The summed E-state index contributed by atoms with van der Waals surface area (Å²) in [6, 6.07) is -1.18. The molecule has 5 N–H and O–H groups in total. The van der Waals surface area contributed by atoms with Crippen LogP contribution in [0.2, 0.25) is 0 Å². The van der Waals surface area contributed by atoms with Crippen LogP contribution in [0.3, 0.4) is 0 Å². The topological polar surface area (TPSA) is 149 Å². The summed E-state index contributed by atoms with van der Waals surface area (Å²) in [6.45, 7) is 4.57. The average molecular weight is 505 g/mol. The van der Waals surface area contributed by atoms with Crippen molar-refractivity contribution >= 4 is 37.1 Å². The van der Waals surface area contributed by atoms with Crippen molar-refractivity contribution in [2.24, 2.45) is 5.92 Å². The number of likely N-dealkylation sites (tertiary alicyclic amines) is 1. The molecular formula is C18H34ClN2O8PS. The van der Waals surface area contributed by atoms with Crippen LogP contribution < -0.4 is 5.32 Å². The lowest BCUT2D eigenvalue weighted by Gasteiger charge is -2.45. The number of amides is 1. The van der Waals surface area contributed by atoms with Gasteiger partial charge in [0.15, 0.2) is 0 Å². The quantitative estimate of drug-likeness (QED) is 0.222. The minimum Gasteiger partial charge on any atom is -0.388 e. The standard InChI is InChI=1S/C18H34ClN2O8PS/c1-5-6-10-7-11(21(3)8-10)17(24)20-12(9(2)19)15-13(22)14(23)16(18(28-15)31-4)29-30(25,26)27/h9-16,18,22-23H,5-8H2,1-4H3,(H,20,24)(H2,25,26,27)/t9?,10-,11+,12-,13-,14+,15-,16-,18-/m1/s1. The third kappa shape index (κ3) is 7.02. The van der Waals surface area contributed by atoms with Gasteiger partial charge in [0.2, 0.25) is 5.91 Å². The molecule has 182 valence electrons. The number of thioether (sulfide) groups is 1. The Hall–Kier alpha value is 0.0600. The molecule has 2 heterocycles. The lowest BCUT2D eigenvalue weighted by Crippen LogP contribution is -2.65. The smallest absolute Gasteiger partial charge is 0.388 e. The number of carbonyl (C=O) groups excluding carboxylic acids is 1. The van der Waals surface area contributed by atoms with E-state index in [9.17, 15) is 19.6 Å². The maximum absolute atomic E-state index is 13.0. The van der Waals surface area contributed by atoms with Crippen molar-refractivity contribution in [3.63, 3.8) is 0 Å². The van der Waals surface area contributed by atoms with Crippen molar-refractivity contribution in [2.75, 3.05) is 19.8 Å². The minimum atomic E-state index is -4.93. The number of nitrogens with zero attached hydrogens (tertiary/aromatic N) is 1. The van der Waals surface area contributed by atoms with Crippen molar-refractivity contribution in [3.8, 4) is 0 Å². The number of ether oxygens (including phenoxy) is 1. The highest BCUT2D eigenvalue weighted by atomic mass is 35.5. The molecule has 0 aromatic heterocycles. The molecule has 0 radical (unpaired) electrons. The summed E-state index contributed by atoms with van der Waals surface area (Å²) in [5.41, 5.74) is -0.992. The van der Waals surface area contributed by atoms with Crippen LogP contribution >= 0.6 is 31.2 Å². The molecule has 9 atom stereocenters. The van der Waals surface area contributed by atoms with Crippen molar-refractivity contribution in [1.82, 2.24) is 10.2 Å². The van der Waals surface area contributed by atoms with E-state index in [1.807, 2.05) is 11.9 Å². The summed E-state index contributed by atoms with van der Waals surface area (Å²) in [4.78, 5) is 33.3. The van der Waals surface area contributed by atoms with Gasteiger partial charge < -0.3 is 30.1 Å². The summed E-state index contributed by atoms with van der Waals surface area (Å²) in [5, 5.41) is 23.4. The summed E-state index contributed by atoms with van der Waals surface area (Å²) < 4.78 is 21.7. The van der Waals surface area contributed by atoms with Crippen LogP contribution in [-0.2, 0) is 18.6 Å². The van der Waals surface area contributed by atoms with E-state index >= 15 is 0 Å². The first kappa shape index (κ1) is 27.3. The van der Waals surface area contributed by atoms with Crippen molar-refractivity contribution in [3.05, 3.63) is 0 Å². The van der Waals surface area contributed by atoms with Crippen molar-refractivity contribution < 1.29 is 38.6 Å². The SMILES string of the molecule is CCC[C@@H]1C[C@@H](C(=O)N[C@H](C(C)Cl)[C@H]2O[C@H](SC)[C@H](OP(=O)(O)O)[C@@H](O)[C@H]2O)N(C)C1. The molecule has 0 spiro atoms. The lowest BCUT2D eigenvalue weighted by molar-refractivity contribution is -0.201. The fourth-order valence-corrected chi connectivity index (χ4v) is 5.93. The van der Waals surface area contributed by atoms with Crippen LogP contribution in [0.15, 0.2) is 0 Å². The van der Waals surface area contributed by atoms with Crippen LogP contribution in [0.5, 0.6) is 0 Å². The van der Waals surface area contributed by atoms with Gasteiger partial charge in [-0.15, -0.1) is 23.4 Å². The number of alkyl halides is 1. The molecule has 0 aliphatic carbocycles. The van der Waals surface area contributed by atoms with E-state index in [1.165, 1.54) is 0 Å². The number of hydrogen-bond acceptors (Lipinski definition) is 8. The third-order valence-corrected chi connectivity index (χ3v) is 7.50. The molecule has 0 aromatic rings. The molecule has 0 aromatic carbocycles. The summed E-state index contributed by atoms with van der Waals surface area (Å²) in [7, 11) is -3.04. The van der Waals surface area contributed by atoms with Gasteiger partial charge >= 0.3 is 7.82 Å². The first-order valence-electron chi connectivity index (χ1n) is 10.3. The first-order valence-corrected chi connectivity index (χ1v) is 13.6. The van der Waals surface area contributed by atoms with Gasteiger partial charge in [-0.1, -0.05) is 13.3 Å². The Bertz CT molecular complexity index is 654. The Morgan fingerprint density at radius 2 is 2.03 bits per heavy atom. The monoisotopic (exact) mass is 504 g/mol. The maximum Gasteiger partial charge on any atom is 0.470 e. The van der Waals surface area contributed by atoms with Gasteiger partial charge in [-0.25, -0.2) is 4.57 Å². The largest absolute Gasteiger partial charge is 0.470 e. The number of phosphoric ester groups is 1. The van der Waals surface area contributed by atoms with E-state index in [-0.39, 0.29) is 11.9 Å². The Morgan fingerprint density at radius 1 is 1.39 bits per heavy atom. The average Bonchev–Trinajstić information content (AvgIpc) is 3.03. The third-order valence-electron chi connectivity index (χ3n) is 5.87. The highest BCUT2D eigenvalue weighted by molar-refractivity contribution is 7.99. The number of phosphoric acid groups is 1. The van der Waals surface area contributed by atoms with E-state index < -0.39 is 49.1 Å². The molecule has 2 aliphatic rings. The van der Waals surface area contributed by atoms with E-state index in [2.05, 4.69) is 16.8 Å². The second-order valence-corrected chi connectivity index (χ2v) is 11.1. The summed E-state index contributed by atoms with van der Waals surface area (Å²) in [5.74, 6) is 0.195. The van der Waals surface area contributed by atoms with Crippen LogP contribution in [-0.4, -0.2) is 98.0 Å². The normalized spacial score (nSPS) is 36.9. The second kappa shape index (κ2) is 11.5. The van der Waals surface area contributed by atoms with Crippen LogP contribution in [0.4, 0.5) is 0 Å². The van der Waals surface area contributed by atoms with Crippen molar-refractivity contribution in [2.45, 2.75) is 80.4 Å². The molecule has 10 nitrogen and oxygen atoms in total. The number of nitrogens with one attached hydrogen (secondary N) is 1. The zero-order valence-electron chi connectivity index (χ0n) is 18.1. The van der Waals surface area contributed by atoms with Gasteiger partial charge in [0.05, 0.1) is 17.5 Å². The van der Waals surface area contributed by atoms with Gasteiger partial charge in [-0.2, -0.15) is 0 Å². The zero-order valence-corrected chi connectivity index (χ0v) is 20.6. The van der Waals surface area contributed by atoms with Crippen LogP contribution in [0, 0.1) is 5.92 Å². The Kier molecular flexibility index (Phi) is 10.1. The van der Waals surface area contributed by atoms with E-state index in [4.69, 9.17) is 26.1 Å². The number of likely N-dealkylation sites (N-methyl/N-ethyl adjacent to an activating group) is 1. The molecule has 2 saturated heterocycles. The molecule has 2 rings (SSSR count). The number of carbonyl (C=O) groups is 1. The van der Waals surface area contributed by atoms with Gasteiger partial charge in [0.25, 0.3) is 0 Å². The number of aliphatic hydroxyl groups excluding tert-OH is 2. The van der Waals surface area contributed by atoms with Gasteiger partial charge in [-0.3, -0.25) is 14.2 Å². The molecule has 2 fully saturated rings. The van der Waals surface area contributed by atoms with Gasteiger partial charge in [-0.05, 0) is 39.0 Å². The Labute approximate surface area is 192 Å². The Morgan fingerprint density at radius 3 is 2.55 bits per heavy atom. The molecular weight excluding hydrogens is 471 g/mol. The molecule has 0 saturated carbocycles. The van der Waals surface area contributed by atoms with E-state index in [0.29, 0.717) is 5.92 Å². The predicted octanol–water partition coefficient (Wildman–Crippen LogP) is 0.507. The first-order chi connectivity index (χ1) is 14.4. The molecule has 31 heavy (non-hydrogen) atoms. The fourth-order valence-electron chi connectivity index (χ4n) is 4.37. The summed E-state index contributed by atoms with van der Waals surface area (Å²) in [6.07, 6.45) is -1.37. The molecule has 2 aliphatic heterocycles. The number of aliphatic hydroxyl groups is 2. The van der Waals surface area contributed by atoms with Gasteiger partial charge in [0.1, 0.15) is 29.9 Å². The van der Waals surface area contributed by atoms with E-state index in [0.717, 1.165) is 37.6 Å². The van der Waals surface area contributed by atoms with E-state index in [1.54, 1.807) is 13.2 Å². The number of rotatable bonds is 9. The number of halogens is 1. The minimum absolute atomic E-state index is 0.238. The lowest BCUT2D eigenvalue weighted by atomic mass is 9.92. The molecule has 1 amide bonds. The molecule has 13 heteroatoms. The predicted molar refractivity (Wildman–Crippen MR) is 118 cm³/mol. The van der Waals surface area contributed by atoms with Crippen LogP contribution in [0.1, 0.15) is 33.1 Å². The van der Waals surface area contributed by atoms with Crippen LogP contribution in [0.25, 0.3) is 0 Å². The van der Waals surface area contributed by atoms with Crippen molar-refractivity contribution in [1.29, 1.82) is 0 Å². The second-order valence-electron chi connectivity index (χ2n) is 8.30. The Balaban J connectivity index is 2.15. The summed E-state index contributed by atoms with van der Waals surface area (Å²) >= 11 is 7.38. The molecule has 0 bridgehead atoms. The highest BCUT2D eigenvalue weighted by Crippen LogP contribution is 2.43.